The van der Waals surface area contributed by atoms with Crippen LogP contribution < -0.4 is 5.43 Å². The zero-order chi connectivity index (χ0) is 14.7. The van der Waals surface area contributed by atoms with Gasteiger partial charge in [-0.2, -0.15) is 5.10 Å². The van der Waals surface area contributed by atoms with Crippen LogP contribution in [0.1, 0.15) is 17.4 Å². The van der Waals surface area contributed by atoms with Gasteiger partial charge in [0.2, 0.25) is 0 Å². The Balaban J connectivity index is 1.85. The van der Waals surface area contributed by atoms with Crippen LogP contribution >= 0.6 is 11.3 Å². The van der Waals surface area contributed by atoms with Crippen molar-refractivity contribution in [3.63, 3.8) is 0 Å². The minimum atomic E-state index is 0.194. The minimum Gasteiger partial charge on any atom is -0.507 e. The van der Waals surface area contributed by atoms with Crippen molar-refractivity contribution in [1.82, 2.24) is 9.97 Å². The molecule has 3 aromatic rings. The van der Waals surface area contributed by atoms with E-state index in [1.807, 2.05) is 6.07 Å². The molecule has 106 valence electrons. The minimum absolute atomic E-state index is 0.194. The second kappa shape index (κ2) is 5.88. The molecule has 0 spiro atoms. The quantitative estimate of drug-likeness (QED) is 0.572. The van der Waals surface area contributed by atoms with Crippen molar-refractivity contribution < 1.29 is 5.11 Å². The molecular weight excluding hydrogens is 284 g/mol. The van der Waals surface area contributed by atoms with Crippen molar-refractivity contribution in [2.75, 3.05) is 5.43 Å². The highest BCUT2D eigenvalue weighted by molar-refractivity contribution is 7.18. The first-order chi connectivity index (χ1) is 10.3. The first-order valence-corrected chi connectivity index (χ1v) is 7.40. The molecule has 0 aliphatic carbocycles. The number of benzene rings is 1. The summed E-state index contributed by atoms with van der Waals surface area (Å²) < 4.78 is 0. The summed E-state index contributed by atoms with van der Waals surface area (Å²) in [7, 11) is 0. The molecule has 0 saturated heterocycles. The van der Waals surface area contributed by atoms with E-state index in [4.69, 9.17) is 0 Å². The highest BCUT2D eigenvalue weighted by Crippen LogP contribution is 2.28. The van der Waals surface area contributed by atoms with E-state index < -0.39 is 0 Å². The largest absolute Gasteiger partial charge is 0.507 e. The lowest BCUT2D eigenvalue weighted by atomic mass is 10.2. The number of para-hydroxylation sites is 1. The average molecular weight is 298 g/mol. The highest BCUT2D eigenvalue weighted by Gasteiger charge is 2.07. The van der Waals surface area contributed by atoms with Gasteiger partial charge in [0, 0.05) is 10.4 Å². The summed E-state index contributed by atoms with van der Waals surface area (Å²) in [5.41, 5.74) is 3.56. The lowest BCUT2D eigenvalue weighted by Crippen LogP contribution is -1.94. The molecule has 0 unspecified atom stereocenters. The number of hydrogen-bond acceptors (Lipinski definition) is 6. The molecule has 0 bridgehead atoms. The second-order valence-corrected chi connectivity index (χ2v) is 5.55. The molecule has 2 N–H and O–H groups in total. The van der Waals surface area contributed by atoms with Crippen LogP contribution in [-0.4, -0.2) is 21.3 Å². The maximum Gasteiger partial charge on any atom is 0.158 e. The normalized spacial score (nSPS) is 11.3. The van der Waals surface area contributed by atoms with E-state index >= 15 is 0 Å². The Hall–Kier alpha value is -2.47. The van der Waals surface area contributed by atoms with Gasteiger partial charge >= 0.3 is 0 Å². The summed E-state index contributed by atoms with van der Waals surface area (Å²) in [6, 6.07) is 9.10. The number of hydrogen-bond donors (Lipinski definition) is 2. The number of aromatic hydroxyl groups is 1. The number of anilines is 1. The highest BCUT2D eigenvalue weighted by atomic mass is 32.1. The van der Waals surface area contributed by atoms with Crippen molar-refractivity contribution in [2.24, 2.45) is 5.10 Å². The third-order valence-electron chi connectivity index (χ3n) is 3.04. The Morgan fingerprint density at radius 2 is 2.19 bits per heavy atom. The van der Waals surface area contributed by atoms with Crippen LogP contribution in [0.25, 0.3) is 10.2 Å². The molecule has 2 heterocycles. The molecule has 0 amide bonds. The van der Waals surface area contributed by atoms with Gasteiger partial charge in [0.15, 0.2) is 5.82 Å². The fourth-order valence-electron chi connectivity index (χ4n) is 1.93. The number of nitrogens with one attached hydrogen (secondary N) is 1. The molecule has 0 aliphatic rings. The van der Waals surface area contributed by atoms with E-state index in [-0.39, 0.29) is 5.75 Å². The molecule has 0 atom stereocenters. The van der Waals surface area contributed by atoms with Gasteiger partial charge < -0.3 is 5.11 Å². The number of fused-ring (bicyclic) bond motifs is 1. The van der Waals surface area contributed by atoms with Crippen LogP contribution in [0.2, 0.25) is 0 Å². The molecule has 0 fully saturated rings. The Morgan fingerprint density at radius 3 is 3.00 bits per heavy atom. The van der Waals surface area contributed by atoms with Gasteiger partial charge in [-0.1, -0.05) is 19.1 Å². The van der Waals surface area contributed by atoms with E-state index in [0.717, 1.165) is 16.6 Å². The van der Waals surface area contributed by atoms with Gasteiger partial charge in [-0.25, -0.2) is 9.97 Å². The molecule has 5 nitrogen and oxygen atoms in total. The van der Waals surface area contributed by atoms with E-state index in [1.54, 1.807) is 35.8 Å². The van der Waals surface area contributed by atoms with Gasteiger partial charge in [0.1, 0.15) is 16.9 Å². The topological polar surface area (TPSA) is 70.4 Å². The maximum absolute atomic E-state index is 9.67. The van der Waals surface area contributed by atoms with Crippen LogP contribution in [0.4, 0.5) is 5.82 Å². The van der Waals surface area contributed by atoms with E-state index in [0.29, 0.717) is 11.4 Å². The van der Waals surface area contributed by atoms with Gasteiger partial charge in [0.05, 0.1) is 11.6 Å². The molecular formula is C15H14N4OS. The van der Waals surface area contributed by atoms with Crippen molar-refractivity contribution in [1.29, 1.82) is 0 Å². The zero-order valence-electron chi connectivity index (χ0n) is 11.4. The van der Waals surface area contributed by atoms with Crippen molar-refractivity contribution in [3.8, 4) is 5.75 Å². The average Bonchev–Trinajstić information content (AvgIpc) is 2.93. The first-order valence-electron chi connectivity index (χ1n) is 6.58. The molecule has 2 aromatic heterocycles. The molecule has 3 rings (SSSR count). The number of nitrogens with zero attached hydrogens (tertiary/aromatic N) is 3. The molecule has 0 aliphatic heterocycles. The molecule has 21 heavy (non-hydrogen) atoms. The van der Waals surface area contributed by atoms with Gasteiger partial charge in [-0.3, -0.25) is 5.43 Å². The summed E-state index contributed by atoms with van der Waals surface area (Å²) in [6.07, 6.45) is 4.06. The molecule has 0 radical (unpaired) electrons. The van der Waals surface area contributed by atoms with Crippen LogP contribution in [0.3, 0.4) is 0 Å². The van der Waals surface area contributed by atoms with Gasteiger partial charge in [0.25, 0.3) is 0 Å². The number of phenolic OH excluding ortho intramolecular Hbond substituents is 1. The van der Waals surface area contributed by atoms with Crippen molar-refractivity contribution in [3.05, 3.63) is 47.1 Å². The molecule has 1 aromatic carbocycles. The Bertz CT molecular complexity index is 797. The van der Waals surface area contributed by atoms with E-state index in [2.05, 4.69) is 33.5 Å². The number of thiophene rings is 1. The number of aryl methyl sites for hydroxylation is 1. The van der Waals surface area contributed by atoms with E-state index in [1.165, 1.54) is 11.2 Å². The Kier molecular flexibility index (Phi) is 3.79. The molecule has 6 heteroatoms. The van der Waals surface area contributed by atoms with Gasteiger partial charge in [-0.15, -0.1) is 11.3 Å². The zero-order valence-corrected chi connectivity index (χ0v) is 12.3. The third-order valence-corrected chi connectivity index (χ3v) is 4.23. The predicted molar refractivity (Wildman–Crippen MR) is 86.1 cm³/mol. The number of rotatable bonds is 4. The summed E-state index contributed by atoms with van der Waals surface area (Å²) in [6.45, 7) is 2.11. The van der Waals surface area contributed by atoms with Crippen LogP contribution in [0.15, 0.2) is 41.8 Å². The monoisotopic (exact) mass is 298 g/mol. The van der Waals surface area contributed by atoms with Crippen LogP contribution in [0.5, 0.6) is 5.75 Å². The Morgan fingerprint density at radius 1 is 1.33 bits per heavy atom. The van der Waals surface area contributed by atoms with E-state index in [9.17, 15) is 5.11 Å². The summed E-state index contributed by atoms with van der Waals surface area (Å²) >= 11 is 1.66. The smallest absolute Gasteiger partial charge is 0.158 e. The molecule has 0 saturated carbocycles. The Labute approximate surface area is 126 Å². The predicted octanol–water partition coefficient (Wildman–Crippen LogP) is 3.41. The van der Waals surface area contributed by atoms with Crippen molar-refractivity contribution in [2.45, 2.75) is 13.3 Å². The standard InChI is InChI=1S/C15H14N4OS/c1-2-11-7-12-14(16-9-17-15(12)21-11)19-18-8-10-5-3-4-6-13(10)20/h3-9,20H,2H2,1H3,(H,16,17,19)/b18-8+. The SMILES string of the molecule is CCc1cc2c(N/N=C/c3ccccc3O)ncnc2s1. The summed E-state index contributed by atoms with van der Waals surface area (Å²) in [5, 5.41) is 14.8. The lowest BCUT2D eigenvalue weighted by molar-refractivity contribution is 0.474. The van der Waals surface area contributed by atoms with Crippen molar-refractivity contribution >= 4 is 33.6 Å². The lowest BCUT2D eigenvalue weighted by Gasteiger charge is -2.00. The number of phenols is 1. The number of hydrazone groups is 1. The fourth-order valence-corrected chi connectivity index (χ4v) is 2.86. The third kappa shape index (κ3) is 2.85. The summed E-state index contributed by atoms with van der Waals surface area (Å²) in [4.78, 5) is 10.7. The second-order valence-electron chi connectivity index (χ2n) is 4.44. The fraction of sp³-hybridized carbons (Fsp3) is 0.133. The van der Waals surface area contributed by atoms with Gasteiger partial charge in [-0.05, 0) is 24.6 Å². The van der Waals surface area contributed by atoms with Crippen LogP contribution in [0, 0.1) is 0 Å². The first kappa shape index (κ1) is 13.5. The maximum atomic E-state index is 9.67. The summed E-state index contributed by atoms with van der Waals surface area (Å²) in [5.74, 6) is 0.863. The van der Waals surface area contributed by atoms with Crippen LogP contribution in [-0.2, 0) is 6.42 Å². The number of aromatic nitrogens is 2.